The Kier molecular flexibility index (Phi) is 13.5. The van der Waals surface area contributed by atoms with Crippen LogP contribution in [-0.2, 0) is 36.6 Å². The molecule has 3 aliphatic rings. The first-order chi connectivity index (χ1) is 29.0. The normalized spacial score (nSPS) is 16.8. The van der Waals surface area contributed by atoms with Crippen LogP contribution in [0.5, 0.6) is 0 Å². The van der Waals surface area contributed by atoms with Gasteiger partial charge >= 0.3 is 11.9 Å². The molecule has 0 aliphatic carbocycles. The number of nitro groups is 1. The number of aromatic nitrogens is 3. The monoisotopic (exact) mass is 825 g/mol. The van der Waals surface area contributed by atoms with Gasteiger partial charge in [0.2, 0.25) is 0 Å². The van der Waals surface area contributed by atoms with E-state index in [0.717, 1.165) is 80.4 Å². The maximum Gasteiger partial charge on any atom is 0.320 e. The molecule has 3 aromatic carbocycles. The fourth-order valence-corrected chi connectivity index (χ4v) is 7.67. The van der Waals surface area contributed by atoms with Crippen LogP contribution >= 0.6 is 0 Å². The van der Waals surface area contributed by atoms with Crippen molar-refractivity contribution in [2.45, 2.75) is 24.9 Å². The lowest BCUT2D eigenvalue weighted by atomic mass is 10.0. The highest BCUT2D eigenvalue weighted by Gasteiger charge is 2.24. The second-order valence-electron chi connectivity index (χ2n) is 14.8. The molecule has 0 radical (unpaired) electrons. The number of rotatable bonds is 10. The summed E-state index contributed by atoms with van der Waals surface area (Å²) in [7, 11) is 0. The summed E-state index contributed by atoms with van der Waals surface area (Å²) in [6.07, 6.45) is 5.76. The molecular formula is C42H51N9O9. The van der Waals surface area contributed by atoms with E-state index in [2.05, 4.69) is 61.1 Å². The van der Waals surface area contributed by atoms with E-state index in [-0.39, 0.29) is 12.1 Å². The van der Waals surface area contributed by atoms with E-state index in [0.29, 0.717) is 49.2 Å². The number of fused-ring (bicyclic) bond motifs is 3. The number of nitrogens with two attached hydrogens (primary N) is 2. The van der Waals surface area contributed by atoms with Gasteiger partial charge in [-0.3, -0.25) is 19.7 Å². The highest BCUT2D eigenvalue weighted by molar-refractivity contribution is 5.95. The third-order valence-corrected chi connectivity index (χ3v) is 11.0. The van der Waals surface area contributed by atoms with E-state index in [1.54, 1.807) is 6.20 Å². The lowest BCUT2D eigenvalue weighted by molar-refractivity contribution is -0.383. The molecule has 3 saturated heterocycles. The van der Waals surface area contributed by atoms with Crippen molar-refractivity contribution in [2.75, 3.05) is 93.6 Å². The SMILES string of the molecule is N[C@@H](Cc1c[nH]c2cc(N3CCOCC3)cc([N+](=O)[O-])c12)C(=O)O.N[C@@H](Cc1c[nH]c2cc(N3CCOCC3)ccc12)C(=O)O.c1cc2ccc(N3CCOCC3)cc2[nH]1. The van der Waals surface area contributed by atoms with Gasteiger partial charge in [0.25, 0.3) is 5.69 Å². The number of nitro benzene ring substituents is 1. The number of aromatic amines is 3. The fraction of sp³-hybridized carbons (Fsp3) is 0.381. The lowest BCUT2D eigenvalue weighted by Crippen LogP contribution is -2.36. The van der Waals surface area contributed by atoms with Crippen molar-refractivity contribution < 1.29 is 38.9 Å². The van der Waals surface area contributed by atoms with Gasteiger partial charge in [0.15, 0.2) is 0 Å². The molecule has 3 fully saturated rings. The van der Waals surface area contributed by atoms with E-state index >= 15 is 0 Å². The number of H-pyrrole nitrogens is 3. The van der Waals surface area contributed by atoms with Gasteiger partial charge in [-0.05, 0) is 52.9 Å². The summed E-state index contributed by atoms with van der Waals surface area (Å²) in [6.45, 7) is 9.43. The maximum atomic E-state index is 11.5. The Morgan fingerprint density at radius 2 is 1.13 bits per heavy atom. The van der Waals surface area contributed by atoms with E-state index < -0.39 is 28.9 Å². The zero-order valence-corrected chi connectivity index (χ0v) is 33.2. The third kappa shape index (κ3) is 9.98. The van der Waals surface area contributed by atoms with Crippen molar-refractivity contribution in [3.8, 4) is 0 Å². The number of morpholine rings is 3. The Hall–Kier alpha value is -6.18. The molecule has 0 saturated carbocycles. The Morgan fingerprint density at radius 1 is 0.650 bits per heavy atom. The molecule has 0 amide bonds. The molecule has 6 heterocycles. The van der Waals surface area contributed by atoms with Gasteiger partial charge in [-0.15, -0.1) is 0 Å². The molecule has 9 N–H and O–H groups in total. The number of anilines is 3. The fourth-order valence-electron chi connectivity index (χ4n) is 7.67. The quantitative estimate of drug-likeness (QED) is 0.0766. The van der Waals surface area contributed by atoms with E-state index in [9.17, 15) is 19.7 Å². The summed E-state index contributed by atoms with van der Waals surface area (Å²) in [4.78, 5) is 49.0. The summed E-state index contributed by atoms with van der Waals surface area (Å²) >= 11 is 0. The van der Waals surface area contributed by atoms with Crippen LogP contribution in [0.4, 0.5) is 22.7 Å². The van der Waals surface area contributed by atoms with Gasteiger partial charge in [-0.2, -0.15) is 0 Å². The van der Waals surface area contributed by atoms with Crippen LogP contribution in [0.1, 0.15) is 11.1 Å². The minimum atomic E-state index is -1.14. The number of nitrogens with zero attached hydrogens (tertiary/aromatic N) is 4. The van der Waals surface area contributed by atoms with Crippen LogP contribution in [-0.4, -0.2) is 133 Å². The van der Waals surface area contributed by atoms with Crippen LogP contribution in [0.15, 0.2) is 73.2 Å². The zero-order chi connectivity index (χ0) is 42.2. The predicted molar refractivity (Wildman–Crippen MR) is 229 cm³/mol. The number of benzene rings is 3. The van der Waals surface area contributed by atoms with Gasteiger partial charge in [0.1, 0.15) is 12.1 Å². The Bertz CT molecular complexity index is 2410. The molecule has 3 aliphatic heterocycles. The molecule has 18 heteroatoms. The summed E-state index contributed by atoms with van der Waals surface area (Å²) in [5.74, 6) is -2.12. The molecule has 2 atom stereocenters. The first kappa shape index (κ1) is 42.0. The van der Waals surface area contributed by atoms with E-state index in [4.69, 9.17) is 35.9 Å². The van der Waals surface area contributed by atoms with Gasteiger partial charge < -0.3 is 65.5 Å². The number of nitrogens with one attached hydrogen (secondary N) is 3. The number of carbonyl (C=O) groups is 2. The van der Waals surface area contributed by atoms with Crippen LogP contribution in [0.25, 0.3) is 32.7 Å². The zero-order valence-electron chi connectivity index (χ0n) is 33.2. The van der Waals surface area contributed by atoms with Crippen molar-refractivity contribution in [1.82, 2.24) is 15.0 Å². The first-order valence-electron chi connectivity index (χ1n) is 20.0. The summed E-state index contributed by atoms with van der Waals surface area (Å²) in [5, 5.41) is 32.1. The van der Waals surface area contributed by atoms with Gasteiger partial charge in [0, 0.05) is 110 Å². The molecular weight excluding hydrogens is 775 g/mol. The van der Waals surface area contributed by atoms with Gasteiger partial charge in [-0.1, -0.05) is 12.1 Å². The standard InChI is InChI=1S/C15H18N4O5.C15H19N3O3.C12H14N2O/c16-11(15(20)21)5-9-8-17-12-6-10(18-1-3-24-4-2-18)7-13(14(9)12)19(22)23;16-13(15(19)20)7-10-9-17-14-8-11(1-2-12(10)14)18-3-5-21-6-4-18;1-2-11(14-5-7-15-8-6-14)9-12-10(1)3-4-13-12/h6-8,11,17H,1-5,16H2,(H,20,21);1-2,8-9,13,17H,3-7,16H2,(H,19,20);1-4,9,13H,5-8H2/t11-;13-;/m00./s1. The first-order valence-corrected chi connectivity index (χ1v) is 20.0. The molecule has 18 nitrogen and oxygen atoms in total. The maximum absolute atomic E-state index is 11.5. The minimum absolute atomic E-state index is 0.0209. The number of ether oxygens (including phenoxy) is 3. The Labute approximate surface area is 345 Å². The largest absolute Gasteiger partial charge is 0.480 e. The minimum Gasteiger partial charge on any atom is -0.480 e. The van der Waals surface area contributed by atoms with Crippen molar-refractivity contribution in [2.24, 2.45) is 11.5 Å². The van der Waals surface area contributed by atoms with Gasteiger partial charge in [-0.25, -0.2) is 0 Å². The topological polar surface area (TPSA) is 255 Å². The van der Waals surface area contributed by atoms with Crippen LogP contribution in [0.2, 0.25) is 0 Å². The van der Waals surface area contributed by atoms with Crippen molar-refractivity contribution in [3.05, 3.63) is 94.4 Å². The number of carboxylic acid groups (broad SMARTS) is 2. The van der Waals surface area contributed by atoms with Crippen molar-refractivity contribution in [1.29, 1.82) is 0 Å². The number of hydrogen-bond donors (Lipinski definition) is 7. The Balaban J connectivity index is 0.000000139. The summed E-state index contributed by atoms with van der Waals surface area (Å²) in [5.41, 5.74) is 18.6. The third-order valence-electron chi connectivity index (χ3n) is 11.0. The average Bonchev–Trinajstić information content (AvgIpc) is 4.03. The number of carboxylic acids is 2. The van der Waals surface area contributed by atoms with Gasteiger partial charge in [0.05, 0.1) is 55.5 Å². The molecule has 0 unspecified atom stereocenters. The smallest absolute Gasteiger partial charge is 0.320 e. The molecule has 318 valence electrons. The van der Waals surface area contributed by atoms with Crippen molar-refractivity contribution in [3.63, 3.8) is 0 Å². The number of aliphatic carboxylic acids is 2. The molecule has 6 aromatic rings. The van der Waals surface area contributed by atoms with E-state index in [1.165, 1.54) is 22.7 Å². The molecule has 0 bridgehead atoms. The highest BCUT2D eigenvalue weighted by atomic mass is 16.6. The molecule has 60 heavy (non-hydrogen) atoms. The van der Waals surface area contributed by atoms with Crippen LogP contribution < -0.4 is 26.2 Å². The molecule has 9 rings (SSSR count). The lowest BCUT2D eigenvalue weighted by Gasteiger charge is -2.28. The van der Waals surface area contributed by atoms with Crippen LogP contribution in [0.3, 0.4) is 0 Å². The summed E-state index contributed by atoms with van der Waals surface area (Å²) < 4.78 is 16.0. The van der Waals surface area contributed by atoms with Crippen molar-refractivity contribution >= 4 is 67.4 Å². The number of non-ortho nitro benzene ring substituents is 1. The average molecular weight is 826 g/mol. The van der Waals surface area contributed by atoms with E-state index in [1.807, 2.05) is 29.4 Å². The predicted octanol–water partition coefficient (Wildman–Crippen LogP) is 3.83. The highest BCUT2D eigenvalue weighted by Crippen LogP contribution is 2.35. The second-order valence-corrected chi connectivity index (χ2v) is 14.8. The Morgan fingerprint density at radius 3 is 1.70 bits per heavy atom. The number of hydrogen-bond acceptors (Lipinski definition) is 12. The second kappa shape index (κ2) is 19.3. The molecule has 3 aromatic heterocycles. The summed E-state index contributed by atoms with van der Waals surface area (Å²) in [6, 6.07) is 16.2. The van der Waals surface area contributed by atoms with Crippen LogP contribution in [0, 0.1) is 10.1 Å². The molecule has 0 spiro atoms.